The van der Waals surface area contributed by atoms with E-state index in [1.165, 1.54) is 0 Å². The molecule has 1 saturated carbocycles. The first-order valence-electron chi connectivity index (χ1n) is 6.23. The monoisotopic (exact) mass is 228 g/mol. The fraction of sp³-hybridized carbons (Fsp3) is 0.923. The van der Waals surface area contributed by atoms with E-state index in [0.717, 1.165) is 25.7 Å². The van der Waals surface area contributed by atoms with Gasteiger partial charge in [-0.25, -0.2) is 0 Å². The summed E-state index contributed by atoms with van der Waals surface area (Å²) in [4.78, 5) is 11.4. The Morgan fingerprint density at radius 1 is 1.25 bits per heavy atom. The van der Waals surface area contributed by atoms with Gasteiger partial charge in [-0.3, -0.25) is 4.79 Å². The number of ether oxygens (including phenoxy) is 1. The van der Waals surface area contributed by atoms with Crippen LogP contribution in [-0.2, 0) is 9.53 Å². The highest BCUT2D eigenvalue weighted by atomic mass is 16.5. The van der Waals surface area contributed by atoms with Crippen molar-refractivity contribution in [2.24, 2.45) is 11.8 Å². The van der Waals surface area contributed by atoms with E-state index in [1.807, 2.05) is 27.7 Å². The van der Waals surface area contributed by atoms with Crippen molar-refractivity contribution < 1.29 is 14.6 Å². The molecule has 0 radical (unpaired) electrons. The molecule has 1 N–H and O–H groups in total. The molecular formula is C13H24O3. The van der Waals surface area contributed by atoms with Crippen LogP contribution in [0.25, 0.3) is 0 Å². The summed E-state index contributed by atoms with van der Waals surface area (Å²) < 4.78 is 5.39. The summed E-state index contributed by atoms with van der Waals surface area (Å²) in [6, 6.07) is 0. The first kappa shape index (κ1) is 13.5. The van der Waals surface area contributed by atoms with E-state index in [-0.39, 0.29) is 18.0 Å². The molecule has 94 valence electrons. The van der Waals surface area contributed by atoms with Crippen molar-refractivity contribution in [3.05, 3.63) is 0 Å². The Bertz CT molecular complexity index is 232. The normalized spacial score (nSPS) is 26.9. The molecule has 1 fully saturated rings. The topological polar surface area (TPSA) is 46.5 Å². The van der Waals surface area contributed by atoms with Gasteiger partial charge in [0.05, 0.1) is 11.5 Å². The summed E-state index contributed by atoms with van der Waals surface area (Å²) >= 11 is 0. The maximum absolute atomic E-state index is 11.4. The molecule has 1 aliphatic carbocycles. The third kappa shape index (κ3) is 3.78. The van der Waals surface area contributed by atoms with E-state index >= 15 is 0 Å². The number of aliphatic hydroxyl groups is 1. The van der Waals surface area contributed by atoms with Crippen molar-refractivity contribution in [2.75, 3.05) is 0 Å². The molecule has 1 aliphatic rings. The summed E-state index contributed by atoms with van der Waals surface area (Å²) in [7, 11) is 0. The maximum Gasteiger partial charge on any atom is 0.308 e. The molecule has 0 saturated heterocycles. The zero-order chi connectivity index (χ0) is 12.3. The molecule has 0 aromatic heterocycles. The van der Waals surface area contributed by atoms with Crippen LogP contribution in [0.5, 0.6) is 0 Å². The molecule has 0 spiro atoms. The lowest BCUT2D eigenvalue weighted by atomic mass is 9.78. The molecule has 1 rings (SSSR count). The van der Waals surface area contributed by atoms with E-state index in [4.69, 9.17) is 4.74 Å². The molecule has 0 heterocycles. The van der Waals surface area contributed by atoms with Gasteiger partial charge in [-0.2, -0.15) is 0 Å². The van der Waals surface area contributed by atoms with Crippen molar-refractivity contribution in [1.82, 2.24) is 0 Å². The first-order valence-corrected chi connectivity index (χ1v) is 6.23. The molecule has 16 heavy (non-hydrogen) atoms. The van der Waals surface area contributed by atoms with Crippen molar-refractivity contribution in [2.45, 2.75) is 65.1 Å². The lowest BCUT2D eigenvalue weighted by molar-refractivity contribution is -0.155. The molecular weight excluding hydrogens is 204 g/mol. The van der Waals surface area contributed by atoms with Crippen molar-refractivity contribution in [3.8, 4) is 0 Å². The Balaban J connectivity index is 2.35. The number of esters is 1. The van der Waals surface area contributed by atoms with Crippen molar-refractivity contribution >= 4 is 5.97 Å². The van der Waals surface area contributed by atoms with Crippen molar-refractivity contribution in [1.29, 1.82) is 0 Å². The lowest BCUT2D eigenvalue weighted by Crippen LogP contribution is -2.36. The van der Waals surface area contributed by atoms with Crippen LogP contribution in [0.3, 0.4) is 0 Å². The molecule has 0 amide bonds. The van der Waals surface area contributed by atoms with Crippen LogP contribution < -0.4 is 0 Å². The molecule has 0 unspecified atom stereocenters. The average Bonchev–Trinajstić information content (AvgIpc) is 2.17. The van der Waals surface area contributed by atoms with Crippen LogP contribution in [-0.4, -0.2) is 22.8 Å². The minimum atomic E-state index is -0.604. The van der Waals surface area contributed by atoms with E-state index in [1.54, 1.807) is 0 Å². The van der Waals surface area contributed by atoms with Gasteiger partial charge in [0.25, 0.3) is 0 Å². The van der Waals surface area contributed by atoms with E-state index in [2.05, 4.69) is 0 Å². The predicted molar refractivity (Wildman–Crippen MR) is 63.0 cm³/mol. The summed E-state index contributed by atoms with van der Waals surface area (Å²) in [5.74, 6) is 0.181. The van der Waals surface area contributed by atoms with Gasteiger partial charge in [0.2, 0.25) is 0 Å². The number of hydrogen-bond donors (Lipinski definition) is 1. The van der Waals surface area contributed by atoms with E-state index in [9.17, 15) is 9.90 Å². The zero-order valence-electron chi connectivity index (χ0n) is 10.8. The van der Waals surface area contributed by atoms with Crippen LogP contribution in [0.4, 0.5) is 0 Å². The summed E-state index contributed by atoms with van der Waals surface area (Å²) in [6.45, 7) is 7.42. The second kappa shape index (κ2) is 5.17. The zero-order valence-corrected chi connectivity index (χ0v) is 10.8. The Morgan fingerprint density at radius 2 is 1.75 bits per heavy atom. The molecule has 3 heteroatoms. The third-order valence-electron chi connectivity index (χ3n) is 3.43. The predicted octanol–water partition coefficient (Wildman–Crippen LogP) is 2.52. The largest absolute Gasteiger partial charge is 0.462 e. The van der Waals surface area contributed by atoms with Gasteiger partial charge in [-0.15, -0.1) is 0 Å². The Labute approximate surface area is 98.2 Å². The third-order valence-corrected chi connectivity index (χ3v) is 3.43. The standard InChI is InChI=1S/C13H24O3/c1-9(2)12(14)16-11-7-5-10(6-8-11)13(3,4)15/h9-11,15H,5-8H2,1-4H3. The summed E-state index contributed by atoms with van der Waals surface area (Å²) in [5, 5.41) is 9.89. The minimum Gasteiger partial charge on any atom is -0.462 e. The number of rotatable bonds is 3. The summed E-state index contributed by atoms with van der Waals surface area (Å²) in [6.07, 6.45) is 3.72. The van der Waals surface area contributed by atoms with E-state index < -0.39 is 5.60 Å². The number of carbonyl (C=O) groups excluding carboxylic acids is 1. The summed E-state index contributed by atoms with van der Waals surface area (Å²) in [5.41, 5.74) is -0.604. The molecule has 0 bridgehead atoms. The van der Waals surface area contributed by atoms with Gasteiger partial charge >= 0.3 is 5.97 Å². The van der Waals surface area contributed by atoms with Crippen molar-refractivity contribution in [3.63, 3.8) is 0 Å². The highest BCUT2D eigenvalue weighted by molar-refractivity contribution is 5.71. The maximum atomic E-state index is 11.4. The van der Waals surface area contributed by atoms with Crippen LogP contribution >= 0.6 is 0 Å². The lowest BCUT2D eigenvalue weighted by Gasteiger charge is -2.35. The Morgan fingerprint density at radius 3 is 2.12 bits per heavy atom. The molecule has 3 nitrogen and oxygen atoms in total. The van der Waals surface area contributed by atoms with Crippen LogP contribution in [0.15, 0.2) is 0 Å². The van der Waals surface area contributed by atoms with Gasteiger partial charge in [-0.1, -0.05) is 13.8 Å². The number of carbonyl (C=O) groups is 1. The Kier molecular flexibility index (Phi) is 4.36. The number of hydrogen-bond acceptors (Lipinski definition) is 3. The van der Waals surface area contributed by atoms with Gasteiger partial charge in [0, 0.05) is 0 Å². The first-order chi connectivity index (χ1) is 7.30. The average molecular weight is 228 g/mol. The smallest absolute Gasteiger partial charge is 0.308 e. The molecule has 0 atom stereocenters. The fourth-order valence-electron chi connectivity index (χ4n) is 2.19. The quantitative estimate of drug-likeness (QED) is 0.755. The fourth-order valence-corrected chi connectivity index (χ4v) is 2.19. The Hall–Kier alpha value is -0.570. The van der Waals surface area contributed by atoms with Gasteiger partial charge < -0.3 is 9.84 Å². The van der Waals surface area contributed by atoms with Crippen LogP contribution in [0, 0.1) is 11.8 Å². The second-order valence-corrected chi connectivity index (χ2v) is 5.72. The SMILES string of the molecule is CC(C)C(=O)OC1CCC(C(C)(C)O)CC1. The van der Waals surface area contributed by atoms with Gasteiger partial charge in [0.15, 0.2) is 0 Å². The minimum absolute atomic E-state index is 0.0491. The van der Waals surface area contributed by atoms with Crippen LogP contribution in [0.2, 0.25) is 0 Å². The molecule has 0 aromatic rings. The second-order valence-electron chi connectivity index (χ2n) is 5.72. The molecule has 0 aromatic carbocycles. The van der Waals surface area contributed by atoms with E-state index in [0.29, 0.717) is 5.92 Å². The van der Waals surface area contributed by atoms with Gasteiger partial charge in [-0.05, 0) is 45.4 Å². The van der Waals surface area contributed by atoms with Crippen LogP contribution in [0.1, 0.15) is 53.4 Å². The molecule has 0 aliphatic heterocycles. The highest BCUT2D eigenvalue weighted by Gasteiger charge is 2.32. The van der Waals surface area contributed by atoms with Gasteiger partial charge in [0.1, 0.15) is 6.10 Å². The highest BCUT2D eigenvalue weighted by Crippen LogP contribution is 2.33.